The van der Waals surface area contributed by atoms with E-state index in [1.54, 1.807) is 6.07 Å². The molecule has 4 heteroatoms. The maximum Gasteiger partial charge on any atom is 0.149 e. The third-order valence-corrected chi connectivity index (χ3v) is 3.83. The van der Waals surface area contributed by atoms with Gasteiger partial charge in [-0.3, -0.25) is 0 Å². The second kappa shape index (κ2) is 5.35. The lowest BCUT2D eigenvalue weighted by atomic mass is 9.97. The molecule has 0 aromatic heterocycles. The van der Waals surface area contributed by atoms with Crippen LogP contribution >= 0.6 is 11.6 Å². The lowest BCUT2D eigenvalue weighted by Gasteiger charge is -2.20. The molecule has 18 heavy (non-hydrogen) atoms. The van der Waals surface area contributed by atoms with Crippen molar-refractivity contribution in [3.05, 3.63) is 23.0 Å². The summed E-state index contributed by atoms with van der Waals surface area (Å²) in [5.74, 6) is 0.982. The van der Waals surface area contributed by atoms with Gasteiger partial charge < -0.3 is 10.6 Å². The summed E-state index contributed by atoms with van der Waals surface area (Å²) in [6, 6.07) is 3.25. The van der Waals surface area contributed by atoms with Crippen molar-refractivity contribution in [2.75, 3.05) is 23.7 Å². The molecule has 0 bridgehead atoms. The predicted octanol–water partition coefficient (Wildman–Crippen LogP) is 3.93. The average molecular weight is 271 g/mol. The van der Waals surface area contributed by atoms with Crippen molar-refractivity contribution in [1.82, 2.24) is 0 Å². The summed E-state index contributed by atoms with van der Waals surface area (Å²) >= 11 is 5.93. The summed E-state index contributed by atoms with van der Waals surface area (Å²) in [6.45, 7) is 6.43. The minimum atomic E-state index is -0.426. The summed E-state index contributed by atoms with van der Waals surface area (Å²) in [6.07, 6.45) is 2.39. The third kappa shape index (κ3) is 2.89. The summed E-state index contributed by atoms with van der Waals surface area (Å²) in [7, 11) is 0. The minimum Gasteiger partial charge on any atom is -0.395 e. The van der Waals surface area contributed by atoms with E-state index in [9.17, 15) is 4.39 Å². The number of nitrogens with zero attached hydrogens (tertiary/aromatic N) is 1. The Labute approximate surface area is 113 Å². The Balaban J connectivity index is 2.10. The number of nitrogen functional groups attached to an aromatic ring is 1. The van der Waals surface area contributed by atoms with Gasteiger partial charge in [0.25, 0.3) is 0 Å². The minimum absolute atomic E-state index is 0.0401. The first-order chi connectivity index (χ1) is 8.47. The van der Waals surface area contributed by atoms with Crippen molar-refractivity contribution in [1.29, 1.82) is 0 Å². The van der Waals surface area contributed by atoms with Crippen molar-refractivity contribution < 1.29 is 4.39 Å². The van der Waals surface area contributed by atoms with Gasteiger partial charge in [0.1, 0.15) is 5.82 Å². The van der Waals surface area contributed by atoms with E-state index in [-0.39, 0.29) is 5.69 Å². The lowest BCUT2D eigenvalue weighted by Crippen LogP contribution is -2.20. The molecule has 1 saturated heterocycles. The summed E-state index contributed by atoms with van der Waals surface area (Å²) in [5.41, 5.74) is 6.40. The molecule has 1 atom stereocenters. The SMILES string of the molecule is CC(C)CC1CCN(c2cc(F)c(N)c(Cl)c2)C1. The Morgan fingerprint density at radius 1 is 1.50 bits per heavy atom. The summed E-state index contributed by atoms with van der Waals surface area (Å²) in [4.78, 5) is 2.20. The van der Waals surface area contributed by atoms with Crippen LogP contribution in [0.4, 0.5) is 15.8 Å². The van der Waals surface area contributed by atoms with Crippen LogP contribution in [0.1, 0.15) is 26.7 Å². The molecule has 1 unspecified atom stereocenters. The first kappa shape index (κ1) is 13.5. The molecule has 1 heterocycles. The number of rotatable bonds is 3. The van der Waals surface area contributed by atoms with Gasteiger partial charge in [-0.1, -0.05) is 25.4 Å². The van der Waals surface area contributed by atoms with Crippen molar-refractivity contribution >= 4 is 23.0 Å². The average Bonchev–Trinajstić information content (AvgIpc) is 2.72. The highest BCUT2D eigenvalue weighted by atomic mass is 35.5. The van der Waals surface area contributed by atoms with Crippen LogP contribution in [0, 0.1) is 17.7 Å². The normalized spacial score (nSPS) is 19.8. The van der Waals surface area contributed by atoms with Crippen LogP contribution < -0.4 is 10.6 Å². The number of hydrogen-bond acceptors (Lipinski definition) is 2. The van der Waals surface area contributed by atoms with Gasteiger partial charge in [0, 0.05) is 18.8 Å². The van der Waals surface area contributed by atoms with Gasteiger partial charge in [-0.25, -0.2) is 4.39 Å². The van der Waals surface area contributed by atoms with E-state index in [0.29, 0.717) is 16.9 Å². The second-order valence-corrected chi connectivity index (χ2v) is 5.96. The Bertz CT molecular complexity index is 411. The Kier molecular flexibility index (Phi) is 4.00. The molecule has 1 aliphatic rings. The molecule has 1 aromatic rings. The Hall–Kier alpha value is -0.960. The van der Waals surface area contributed by atoms with E-state index in [0.717, 1.165) is 18.8 Å². The van der Waals surface area contributed by atoms with Crippen molar-refractivity contribution in [3.8, 4) is 0 Å². The highest BCUT2D eigenvalue weighted by Crippen LogP contribution is 2.32. The lowest BCUT2D eigenvalue weighted by molar-refractivity contribution is 0.441. The van der Waals surface area contributed by atoms with Gasteiger partial charge in [0.2, 0.25) is 0 Å². The molecular formula is C14H20ClFN2. The first-order valence-electron chi connectivity index (χ1n) is 6.47. The van der Waals surface area contributed by atoms with Crippen LogP contribution in [0.2, 0.25) is 5.02 Å². The number of halogens is 2. The highest BCUT2D eigenvalue weighted by molar-refractivity contribution is 6.33. The van der Waals surface area contributed by atoms with Crippen LogP contribution in [-0.2, 0) is 0 Å². The highest BCUT2D eigenvalue weighted by Gasteiger charge is 2.24. The fourth-order valence-electron chi connectivity index (χ4n) is 2.68. The molecule has 2 rings (SSSR count). The summed E-state index contributed by atoms with van der Waals surface area (Å²) < 4.78 is 13.6. The number of nitrogens with two attached hydrogens (primary N) is 1. The predicted molar refractivity (Wildman–Crippen MR) is 75.6 cm³/mol. The number of hydrogen-bond donors (Lipinski definition) is 1. The van der Waals surface area contributed by atoms with E-state index in [1.165, 1.54) is 18.9 Å². The van der Waals surface area contributed by atoms with Gasteiger partial charge in [-0.05, 0) is 36.8 Å². The van der Waals surface area contributed by atoms with Gasteiger partial charge in [0.15, 0.2) is 0 Å². The Morgan fingerprint density at radius 2 is 2.22 bits per heavy atom. The fraction of sp³-hybridized carbons (Fsp3) is 0.571. The zero-order valence-electron chi connectivity index (χ0n) is 10.9. The molecule has 100 valence electrons. The van der Waals surface area contributed by atoms with Crippen LogP contribution in [0.25, 0.3) is 0 Å². The summed E-state index contributed by atoms with van der Waals surface area (Å²) in [5, 5.41) is 0.303. The molecule has 0 radical (unpaired) electrons. The van der Waals surface area contributed by atoms with Crippen molar-refractivity contribution in [3.63, 3.8) is 0 Å². The van der Waals surface area contributed by atoms with Crippen LogP contribution in [0.3, 0.4) is 0 Å². The van der Waals surface area contributed by atoms with E-state index >= 15 is 0 Å². The molecular weight excluding hydrogens is 251 g/mol. The second-order valence-electron chi connectivity index (χ2n) is 5.55. The standard InChI is InChI=1S/C14H20ClFN2/c1-9(2)5-10-3-4-18(8-10)11-6-12(15)14(17)13(16)7-11/h6-7,9-10H,3-5,8,17H2,1-2H3. The maximum atomic E-state index is 13.6. The molecule has 1 fully saturated rings. The van der Waals surface area contributed by atoms with Crippen LogP contribution in [0.15, 0.2) is 12.1 Å². The third-order valence-electron chi connectivity index (χ3n) is 3.52. The smallest absolute Gasteiger partial charge is 0.149 e. The van der Waals surface area contributed by atoms with E-state index < -0.39 is 5.82 Å². The van der Waals surface area contributed by atoms with E-state index in [1.807, 2.05) is 0 Å². The van der Waals surface area contributed by atoms with Crippen LogP contribution in [-0.4, -0.2) is 13.1 Å². The van der Waals surface area contributed by atoms with Gasteiger partial charge in [-0.15, -0.1) is 0 Å². The maximum absolute atomic E-state index is 13.6. The van der Waals surface area contributed by atoms with Crippen molar-refractivity contribution in [2.24, 2.45) is 11.8 Å². The molecule has 2 nitrogen and oxygen atoms in total. The van der Waals surface area contributed by atoms with E-state index in [4.69, 9.17) is 17.3 Å². The zero-order chi connectivity index (χ0) is 13.3. The van der Waals surface area contributed by atoms with Crippen LogP contribution in [0.5, 0.6) is 0 Å². The first-order valence-corrected chi connectivity index (χ1v) is 6.84. The van der Waals surface area contributed by atoms with Gasteiger partial charge in [0.05, 0.1) is 10.7 Å². The molecule has 1 aliphatic heterocycles. The van der Waals surface area contributed by atoms with Gasteiger partial charge in [-0.2, -0.15) is 0 Å². The largest absolute Gasteiger partial charge is 0.395 e. The Morgan fingerprint density at radius 3 is 2.83 bits per heavy atom. The molecule has 0 spiro atoms. The number of benzene rings is 1. The molecule has 2 N–H and O–H groups in total. The number of anilines is 2. The van der Waals surface area contributed by atoms with E-state index in [2.05, 4.69) is 18.7 Å². The molecule has 0 aliphatic carbocycles. The monoisotopic (exact) mass is 270 g/mol. The van der Waals surface area contributed by atoms with Gasteiger partial charge >= 0.3 is 0 Å². The zero-order valence-corrected chi connectivity index (χ0v) is 11.7. The molecule has 0 saturated carbocycles. The molecule has 1 aromatic carbocycles. The topological polar surface area (TPSA) is 29.3 Å². The quantitative estimate of drug-likeness (QED) is 0.843. The fourth-order valence-corrected chi connectivity index (χ4v) is 2.88. The molecule has 0 amide bonds. The van der Waals surface area contributed by atoms with Crippen molar-refractivity contribution in [2.45, 2.75) is 26.7 Å².